The topological polar surface area (TPSA) is 76.0 Å². The lowest BCUT2D eigenvalue weighted by Gasteiger charge is -2.24. The van der Waals surface area contributed by atoms with Crippen LogP contribution < -0.4 is 10.6 Å². The summed E-state index contributed by atoms with van der Waals surface area (Å²) in [5.74, 6) is 0.193. The van der Waals surface area contributed by atoms with Crippen LogP contribution in [0.25, 0.3) is 11.1 Å². The van der Waals surface area contributed by atoms with E-state index in [4.69, 9.17) is 0 Å². The zero-order chi connectivity index (χ0) is 17.2. The SMILES string of the molecule is O=C(CC1Cn2ncc(-c3ccccc3)c2NC1=O)NC1CCCC1. The summed E-state index contributed by atoms with van der Waals surface area (Å²) in [5, 5.41) is 10.4. The average molecular weight is 338 g/mol. The van der Waals surface area contributed by atoms with Gasteiger partial charge in [-0.1, -0.05) is 43.2 Å². The number of rotatable bonds is 4. The van der Waals surface area contributed by atoms with Crippen molar-refractivity contribution >= 4 is 17.6 Å². The van der Waals surface area contributed by atoms with Crippen LogP contribution in [0, 0.1) is 5.92 Å². The molecule has 2 aliphatic rings. The monoisotopic (exact) mass is 338 g/mol. The Hall–Kier alpha value is -2.63. The zero-order valence-electron chi connectivity index (χ0n) is 14.1. The fourth-order valence-electron chi connectivity index (χ4n) is 3.73. The largest absolute Gasteiger partial charge is 0.353 e. The first kappa shape index (κ1) is 15.9. The van der Waals surface area contributed by atoms with Crippen molar-refractivity contribution in [3.8, 4) is 11.1 Å². The molecule has 1 atom stereocenters. The highest BCUT2D eigenvalue weighted by atomic mass is 16.2. The van der Waals surface area contributed by atoms with Crippen molar-refractivity contribution < 1.29 is 9.59 Å². The van der Waals surface area contributed by atoms with Crippen LogP contribution in [0.15, 0.2) is 36.5 Å². The van der Waals surface area contributed by atoms with Gasteiger partial charge in [0.2, 0.25) is 11.8 Å². The third kappa shape index (κ3) is 3.29. The number of amides is 2. The standard InChI is InChI=1S/C19H22N4O2/c24-17(21-15-8-4-5-9-15)10-14-12-23-18(22-19(14)25)16(11-20-23)13-6-2-1-3-7-13/h1-3,6-7,11,14-15H,4-5,8-10,12H2,(H,21,24)(H,22,25). The first-order valence-electron chi connectivity index (χ1n) is 8.92. The van der Waals surface area contributed by atoms with Crippen LogP contribution >= 0.6 is 0 Å². The molecule has 6 nitrogen and oxygen atoms in total. The molecule has 130 valence electrons. The number of nitrogens with zero attached hydrogens (tertiary/aromatic N) is 2. The molecular weight excluding hydrogens is 316 g/mol. The molecule has 1 aliphatic heterocycles. The molecule has 0 saturated heterocycles. The molecule has 2 N–H and O–H groups in total. The van der Waals surface area contributed by atoms with Crippen molar-refractivity contribution in [1.82, 2.24) is 15.1 Å². The van der Waals surface area contributed by atoms with Crippen molar-refractivity contribution in [2.24, 2.45) is 5.92 Å². The quantitative estimate of drug-likeness (QED) is 0.899. The summed E-state index contributed by atoms with van der Waals surface area (Å²) in [4.78, 5) is 24.7. The second kappa shape index (κ2) is 6.70. The summed E-state index contributed by atoms with van der Waals surface area (Å²) in [6, 6.07) is 10.1. The van der Waals surface area contributed by atoms with Gasteiger partial charge in [-0.25, -0.2) is 4.68 Å². The first-order chi connectivity index (χ1) is 12.2. The fourth-order valence-corrected chi connectivity index (χ4v) is 3.73. The van der Waals surface area contributed by atoms with E-state index in [1.165, 1.54) is 12.8 Å². The van der Waals surface area contributed by atoms with Crippen LogP contribution in [0.2, 0.25) is 0 Å². The molecule has 1 aliphatic carbocycles. The average Bonchev–Trinajstić information content (AvgIpc) is 3.25. The van der Waals surface area contributed by atoms with Gasteiger partial charge in [-0.05, 0) is 18.4 Å². The molecule has 0 radical (unpaired) electrons. The lowest BCUT2D eigenvalue weighted by molar-refractivity contribution is -0.128. The Balaban J connectivity index is 1.46. The molecular formula is C19H22N4O2. The molecule has 0 bridgehead atoms. The number of hydrogen-bond acceptors (Lipinski definition) is 3. The number of hydrogen-bond donors (Lipinski definition) is 2. The molecule has 1 fully saturated rings. The van der Waals surface area contributed by atoms with E-state index in [2.05, 4.69) is 15.7 Å². The Morgan fingerprint density at radius 3 is 2.76 bits per heavy atom. The molecule has 0 spiro atoms. The van der Waals surface area contributed by atoms with Gasteiger partial charge < -0.3 is 10.6 Å². The highest BCUT2D eigenvalue weighted by Crippen LogP contribution is 2.31. The van der Waals surface area contributed by atoms with E-state index in [1.54, 1.807) is 10.9 Å². The number of carbonyl (C=O) groups is 2. The van der Waals surface area contributed by atoms with Crippen LogP contribution in [-0.4, -0.2) is 27.6 Å². The van der Waals surface area contributed by atoms with Crippen LogP contribution in [0.3, 0.4) is 0 Å². The number of carbonyl (C=O) groups excluding carboxylic acids is 2. The molecule has 1 aromatic carbocycles. The second-order valence-electron chi connectivity index (χ2n) is 6.89. The van der Waals surface area contributed by atoms with E-state index >= 15 is 0 Å². The molecule has 1 unspecified atom stereocenters. The third-order valence-electron chi connectivity index (χ3n) is 5.08. The van der Waals surface area contributed by atoms with Crippen molar-refractivity contribution in [3.05, 3.63) is 36.5 Å². The van der Waals surface area contributed by atoms with Gasteiger partial charge in [-0.15, -0.1) is 0 Å². The van der Waals surface area contributed by atoms with Gasteiger partial charge in [-0.3, -0.25) is 9.59 Å². The van der Waals surface area contributed by atoms with Crippen molar-refractivity contribution in [1.29, 1.82) is 0 Å². The summed E-state index contributed by atoms with van der Waals surface area (Å²) in [6.07, 6.45) is 6.43. The minimum absolute atomic E-state index is 0.0362. The number of benzene rings is 1. The first-order valence-corrected chi connectivity index (χ1v) is 8.92. The zero-order valence-corrected chi connectivity index (χ0v) is 14.1. The van der Waals surface area contributed by atoms with E-state index < -0.39 is 0 Å². The lowest BCUT2D eigenvalue weighted by atomic mass is 10.0. The second-order valence-corrected chi connectivity index (χ2v) is 6.89. The minimum atomic E-state index is -0.377. The van der Waals surface area contributed by atoms with Gasteiger partial charge in [0.25, 0.3) is 0 Å². The maximum atomic E-state index is 12.5. The number of anilines is 1. The fraction of sp³-hybridized carbons (Fsp3) is 0.421. The Morgan fingerprint density at radius 1 is 1.24 bits per heavy atom. The molecule has 1 aromatic heterocycles. The lowest BCUT2D eigenvalue weighted by Crippen LogP contribution is -2.39. The predicted molar refractivity (Wildman–Crippen MR) is 94.8 cm³/mol. The van der Waals surface area contributed by atoms with Gasteiger partial charge in [0.15, 0.2) is 0 Å². The molecule has 2 aromatic rings. The smallest absolute Gasteiger partial charge is 0.231 e. The summed E-state index contributed by atoms with van der Waals surface area (Å²) in [5.41, 5.74) is 1.92. The number of nitrogens with one attached hydrogen (secondary N) is 2. The van der Waals surface area contributed by atoms with Gasteiger partial charge in [-0.2, -0.15) is 5.10 Å². The number of aromatic nitrogens is 2. The molecule has 4 rings (SSSR count). The van der Waals surface area contributed by atoms with Crippen molar-refractivity contribution in [2.75, 3.05) is 5.32 Å². The molecule has 1 saturated carbocycles. The Bertz CT molecular complexity index is 778. The Labute approximate surface area is 146 Å². The Kier molecular flexibility index (Phi) is 4.26. The van der Waals surface area contributed by atoms with E-state index in [9.17, 15) is 9.59 Å². The Morgan fingerprint density at radius 2 is 2.00 bits per heavy atom. The maximum Gasteiger partial charge on any atom is 0.231 e. The number of fused-ring (bicyclic) bond motifs is 1. The van der Waals surface area contributed by atoms with Crippen LogP contribution in [0.1, 0.15) is 32.1 Å². The highest BCUT2D eigenvalue weighted by molar-refractivity contribution is 5.98. The summed E-state index contributed by atoms with van der Waals surface area (Å²) in [6.45, 7) is 0.437. The molecule has 2 amide bonds. The molecule has 6 heteroatoms. The predicted octanol–water partition coefficient (Wildman–Crippen LogP) is 2.57. The third-order valence-corrected chi connectivity index (χ3v) is 5.08. The van der Waals surface area contributed by atoms with Crippen molar-refractivity contribution in [3.63, 3.8) is 0 Å². The van der Waals surface area contributed by atoms with E-state index in [-0.39, 0.29) is 30.2 Å². The van der Waals surface area contributed by atoms with E-state index in [0.29, 0.717) is 12.4 Å². The van der Waals surface area contributed by atoms with Gasteiger partial charge >= 0.3 is 0 Å². The van der Waals surface area contributed by atoms with Gasteiger partial charge in [0.05, 0.1) is 18.7 Å². The maximum absolute atomic E-state index is 12.5. The van der Waals surface area contributed by atoms with Crippen LogP contribution in [-0.2, 0) is 16.1 Å². The summed E-state index contributed by atoms with van der Waals surface area (Å²) < 4.78 is 1.79. The summed E-state index contributed by atoms with van der Waals surface area (Å²) in [7, 11) is 0. The normalized spacial score (nSPS) is 20.2. The van der Waals surface area contributed by atoms with Crippen molar-refractivity contribution in [2.45, 2.75) is 44.7 Å². The summed E-state index contributed by atoms with van der Waals surface area (Å²) >= 11 is 0. The van der Waals surface area contributed by atoms with Crippen LogP contribution in [0.4, 0.5) is 5.82 Å². The van der Waals surface area contributed by atoms with Gasteiger partial charge in [0, 0.05) is 18.0 Å². The highest BCUT2D eigenvalue weighted by Gasteiger charge is 2.31. The molecule has 2 heterocycles. The van der Waals surface area contributed by atoms with E-state index in [0.717, 1.165) is 24.0 Å². The molecule has 25 heavy (non-hydrogen) atoms. The van der Waals surface area contributed by atoms with Gasteiger partial charge in [0.1, 0.15) is 5.82 Å². The minimum Gasteiger partial charge on any atom is -0.353 e. The van der Waals surface area contributed by atoms with E-state index in [1.807, 2.05) is 30.3 Å². The van der Waals surface area contributed by atoms with Crippen LogP contribution in [0.5, 0.6) is 0 Å².